The molecule has 4 atom stereocenters. The van der Waals surface area contributed by atoms with Gasteiger partial charge in [-0.25, -0.2) is 0 Å². The first-order chi connectivity index (χ1) is 16.0. The Balaban J connectivity index is 1.49. The first-order valence-electron chi connectivity index (χ1n) is 13.0. The molecule has 0 radical (unpaired) electrons. The fourth-order valence-electron chi connectivity index (χ4n) is 6.40. The molecule has 4 nitrogen and oxygen atoms in total. The lowest BCUT2D eigenvalue weighted by Crippen LogP contribution is -2.55. The van der Waals surface area contributed by atoms with Crippen molar-refractivity contribution in [2.75, 3.05) is 19.6 Å². The lowest BCUT2D eigenvalue weighted by atomic mass is 9.75. The normalized spacial score (nSPS) is 25.6. The van der Waals surface area contributed by atoms with Crippen LogP contribution in [-0.4, -0.2) is 36.5 Å². The van der Waals surface area contributed by atoms with Crippen LogP contribution in [0, 0.1) is 11.8 Å². The summed E-state index contributed by atoms with van der Waals surface area (Å²) in [5, 5.41) is 7.12. The fraction of sp³-hybridized carbons (Fsp3) is 0.552. The van der Waals surface area contributed by atoms with Crippen LogP contribution in [0.25, 0.3) is 0 Å². The number of nitrogens with one attached hydrogen (secondary N) is 2. The predicted molar refractivity (Wildman–Crippen MR) is 134 cm³/mol. The molecule has 0 bridgehead atoms. The Bertz CT molecular complexity index is 986. The number of carbonyl (C=O) groups excluding carboxylic acids is 1. The predicted octanol–water partition coefficient (Wildman–Crippen LogP) is 5.05. The summed E-state index contributed by atoms with van der Waals surface area (Å²) in [6.45, 7) is 10.0. The van der Waals surface area contributed by atoms with Gasteiger partial charge < -0.3 is 10.6 Å². The zero-order chi connectivity index (χ0) is 22.9. The summed E-state index contributed by atoms with van der Waals surface area (Å²) >= 11 is 0. The fourth-order valence-corrected chi connectivity index (χ4v) is 6.40. The van der Waals surface area contributed by atoms with Gasteiger partial charge in [-0.3, -0.25) is 9.69 Å². The Hall–Kier alpha value is -2.17. The Morgan fingerprint density at radius 1 is 1.18 bits per heavy atom. The average molecular weight is 446 g/mol. The molecule has 2 aromatic carbocycles. The van der Waals surface area contributed by atoms with Crippen LogP contribution >= 0.6 is 0 Å². The van der Waals surface area contributed by atoms with Gasteiger partial charge in [0.1, 0.15) is 0 Å². The van der Waals surface area contributed by atoms with Gasteiger partial charge in [-0.1, -0.05) is 50.2 Å². The zero-order valence-electron chi connectivity index (χ0n) is 20.4. The number of rotatable bonds is 5. The van der Waals surface area contributed by atoms with Crippen molar-refractivity contribution in [1.29, 1.82) is 0 Å². The molecule has 4 heteroatoms. The van der Waals surface area contributed by atoms with Crippen LogP contribution < -0.4 is 10.6 Å². The Labute approximate surface area is 199 Å². The highest BCUT2D eigenvalue weighted by molar-refractivity contribution is 5.97. The SMILES string of the molecule is CC(C)Cc1cc2c(c(C(=O)NC(C)c3ccccc3)c1)[C@H]1C[C@@H]3NCCC[C@@H]3CN1CC2. The third-order valence-electron chi connectivity index (χ3n) is 7.98. The molecule has 0 spiro atoms. The van der Waals surface area contributed by atoms with Crippen molar-refractivity contribution in [3.05, 3.63) is 70.3 Å². The first kappa shape index (κ1) is 22.6. The lowest BCUT2D eigenvalue weighted by Gasteiger charge is -2.49. The van der Waals surface area contributed by atoms with Crippen molar-refractivity contribution in [3.8, 4) is 0 Å². The summed E-state index contributed by atoms with van der Waals surface area (Å²) in [5.41, 5.74) is 6.07. The lowest BCUT2D eigenvalue weighted by molar-refractivity contribution is 0.0542. The van der Waals surface area contributed by atoms with E-state index in [4.69, 9.17) is 0 Å². The van der Waals surface area contributed by atoms with Gasteiger partial charge >= 0.3 is 0 Å². The van der Waals surface area contributed by atoms with Crippen molar-refractivity contribution >= 4 is 5.91 Å². The minimum absolute atomic E-state index is 0.0152. The number of carbonyl (C=O) groups is 1. The molecule has 1 amide bonds. The van der Waals surface area contributed by atoms with E-state index in [1.165, 1.54) is 29.5 Å². The highest BCUT2D eigenvalue weighted by atomic mass is 16.1. The molecule has 176 valence electrons. The smallest absolute Gasteiger partial charge is 0.252 e. The van der Waals surface area contributed by atoms with E-state index in [1.54, 1.807) is 0 Å². The minimum Gasteiger partial charge on any atom is -0.346 e. The second-order valence-corrected chi connectivity index (χ2v) is 10.9. The van der Waals surface area contributed by atoms with E-state index in [0.29, 0.717) is 18.0 Å². The summed E-state index contributed by atoms with van der Waals surface area (Å²) in [5.74, 6) is 1.41. The van der Waals surface area contributed by atoms with Crippen molar-refractivity contribution in [2.24, 2.45) is 11.8 Å². The molecule has 2 aromatic rings. The van der Waals surface area contributed by atoms with E-state index in [2.05, 4.69) is 60.6 Å². The molecule has 5 rings (SSSR count). The molecular weight excluding hydrogens is 406 g/mol. The molecule has 0 saturated carbocycles. The van der Waals surface area contributed by atoms with Gasteiger partial charge in [-0.2, -0.15) is 0 Å². The number of amides is 1. The molecule has 33 heavy (non-hydrogen) atoms. The van der Waals surface area contributed by atoms with E-state index < -0.39 is 0 Å². The molecular formula is C29H39N3O. The Morgan fingerprint density at radius 3 is 2.79 bits per heavy atom. The van der Waals surface area contributed by atoms with Gasteiger partial charge in [-0.15, -0.1) is 0 Å². The summed E-state index contributed by atoms with van der Waals surface area (Å²) in [4.78, 5) is 16.4. The third kappa shape index (κ3) is 4.74. The molecule has 2 N–H and O–H groups in total. The summed E-state index contributed by atoms with van der Waals surface area (Å²) in [6, 6.07) is 15.8. The quantitative estimate of drug-likeness (QED) is 0.677. The van der Waals surface area contributed by atoms with E-state index >= 15 is 0 Å². The topological polar surface area (TPSA) is 44.4 Å². The van der Waals surface area contributed by atoms with Crippen LogP contribution in [-0.2, 0) is 12.8 Å². The van der Waals surface area contributed by atoms with Gasteiger partial charge in [0, 0.05) is 30.7 Å². The first-order valence-corrected chi connectivity index (χ1v) is 13.0. The average Bonchev–Trinajstić information content (AvgIpc) is 2.82. The van der Waals surface area contributed by atoms with Crippen LogP contribution in [0.5, 0.6) is 0 Å². The van der Waals surface area contributed by atoms with Crippen molar-refractivity contribution < 1.29 is 4.79 Å². The van der Waals surface area contributed by atoms with E-state index in [1.807, 2.05) is 18.2 Å². The van der Waals surface area contributed by atoms with Gasteiger partial charge in [0.15, 0.2) is 0 Å². The van der Waals surface area contributed by atoms with Crippen molar-refractivity contribution in [3.63, 3.8) is 0 Å². The van der Waals surface area contributed by atoms with Gasteiger partial charge in [0.05, 0.1) is 6.04 Å². The van der Waals surface area contributed by atoms with Gasteiger partial charge in [-0.05, 0) is 85.7 Å². The number of nitrogens with zero attached hydrogens (tertiary/aromatic N) is 1. The maximum Gasteiger partial charge on any atom is 0.252 e. The number of piperidine rings is 2. The molecule has 3 aliphatic rings. The standard InChI is InChI=1S/C29H39N3O/c1-19(2)14-21-15-23-11-13-32-18-24-10-7-12-30-26(24)17-27(32)28(23)25(16-21)29(33)31-20(3)22-8-5-4-6-9-22/h4-6,8-9,15-16,19-20,24,26-27,30H,7,10-14,17-18H2,1-3H3,(H,31,33)/t20?,24-,26+,27-/m1/s1. The molecule has 2 fully saturated rings. The van der Waals surface area contributed by atoms with E-state index in [0.717, 1.165) is 55.9 Å². The highest BCUT2D eigenvalue weighted by Crippen LogP contribution is 2.42. The van der Waals surface area contributed by atoms with E-state index in [-0.39, 0.29) is 11.9 Å². The van der Waals surface area contributed by atoms with Crippen LogP contribution in [0.3, 0.4) is 0 Å². The maximum atomic E-state index is 13.8. The molecule has 0 aromatic heterocycles. The summed E-state index contributed by atoms with van der Waals surface area (Å²) in [7, 11) is 0. The van der Waals surface area contributed by atoms with Crippen LogP contribution in [0.4, 0.5) is 0 Å². The Kier molecular flexibility index (Phi) is 6.58. The zero-order valence-corrected chi connectivity index (χ0v) is 20.4. The van der Waals surface area contributed by atoms with Crippen LogP contribution in [0.15, 0.2) is 42.5 Å². The van der Waals surface area contributed by atoms with Crippen LogP contribution in [0.1, 0.15) is 84.7 Å². The maximum absolute atomic E-state index is 13.8. The number of hydrogen-bond acceptors (Lipinski definition) is 3. The summed E-state index contributed by atoms with van der Waals surface area (Å²) < 4.78 is 0. The number of hydrogen-bond donors (Lipinski definition) is 2. The highest BCUT2D eigenvalue weighted by Gasteiger charge is 2.41. The largest absolute Gasteiger partial charge is 0.346 e. The van der Waals surface area contributed by atoms with Gasteiger partial charge in [0.2, 0.25) is 0 Å². The number of fused-ring (bicyclic) bond motifs is 4. The van der Waals surface area contributed by atoms with Crippen molar-refractivity contribution in [2.45, 2.75) is 71.0 Å². The van der Waals surface area contributed by atoms with Crippen LogP contribution in [0.2, 0.25) is 0 Å². The minimum atomic E-state index is -0.0152. The molecule has 3 aliphatic heterocycles. The number of benzene rings is 2. The third-order valence-corrected chi connectivity index (χ3v) is 7.98. The molecule has 2 saturated heterocycles. The molecule has 1 unspecified atom stereocenters. The molecule has 0 aliphatic carbocycles. The second-order valence-electron chi connectivity index (χ2n) is 10.9. The summed E-state index contributed by atoms with van der Waals surface area (Å²) in [6.07, 6.45) is 5.82. The van der Waals surface area contributed by atoms with Crippen molar-refractivity contribution in [1.82, 2.24) is 15.5 Å². The Morgan fingerprint density at radius 2 is 2.00 bits per heavy atom. The van der Waals surface area contributed by atoms with E-state index in [9.17, 15) is 4.79 Å². The monoisotopic (exact) mass is 445 g/mol. The second kappa shape index (κ2) is 9.60. The van der Waals surface area contributed by atoms with Gasteiger partial charge in [0.25, 0.3) is 5.91 Å². The molecule has 3 heterocycles.